The Morgan fingerprint density at radius 3 is 2.39 bits per heavy atom. The summed E-state index contributed by atoms with van der Waals surface area (Å²) in [6.07, 6.45) is 0.775. The summed E-state index contributed by atoms with van der Waals surface area (Å²) >= 11 is 0. The standard InChI is InChI=1S/C14H21NO3/c1-4-11(14(16)17)9-15-12-5-7-13(8-6-12)18-10(2)3/h5-8,10-11,15H,4,9H2,1-3H3,(H,16,17). The van der Waals surface area contributed by atoms with Gasteiger partial charge in [0.2, 0.25) is 0 Å². The summed E-state index contributed by atoms with van der Waals surface area (Å²) in [5, 5.41) is 12.1. The summed E-state index contributed by atoms with van der Waals surface area (Å²) in [5.41, 5.74) is 0.908. The Balaban J connectivity index is 2.50. The molecule has 0 radical (unpaired) electrons. The highest BCUT2D eigenvalue weighted by atomic mass is 16.5. The molecule has 18 heavy (non-hydrogen) atoms. The zero-order chi connectivity index (χ0) is 13.5. The minimum atomic E-state index is -0.759. The van der Waals surface area contributed by atoms with E-state index in [0.29, 0.717) is 13.0 Å². The van der Waals surface area contributed by atoms with Crippen LogP contribution in [-0.2, 0) is 4.79 Å². The number of anilines is 1. The molecule has 0 spiro atoms. The van der Waals surface area contributed by atoms with Crippen molar-refractivity contribution in [2.75, 3.05) is 11.9 Å². The van der Waals surface area contributed by atoms with E-state index in [2.05, 4.69) is 5.32 Å². The summed E-state index contributed by atoms with van der Waals surface area (Å²) in [6, 6.07) is 7.55. The molecule has 0 heterocycles. The van der Waals surface area contributed by atoms with E-state index in [1.807, 2.05) is 45.0 Å². The van der Waals surface area contributed by atoms with Gasteiger partial charge in [-0.05, 0) is 44.5 Å². The monoisotopic (exact) mass is 251 g/mol. The lowest BCUT2D eigenvalue weighted by molar-refractivity contribution is -0.141. The molecule has 1 aromatic rings. The van der Waals surface area contributed by atoms with Crippen molar-refractivity contribution in [3.63, 3.8) is 0 Å². The Hall–Kier alpha value is -1.71. The highest BCUT2D eigenvalue weighted by molar-refractivity contribution is 5.70. The number of rotatable bonds is 7. The Bertz CT molecular complexity index is 373. The van der Waals surface area contributed by atoms with Crippen LogP contribution in [0.5, 0.6) is 5.75 Å². The Labute approximate surface area is 108 Å². The lowest BCUT2D eigenvalue weighted by Gasteiger charge is -2.13. The summed E-state index contributed by atoms with van der Waals surface area (Å²) in [6.45, 7) is 6.27. The minimum Gasteiger partial charge on any atom is -0.491 e. The fraction of sp³-hybridized carbons (Fsp3) is 0.500. The molecule has 0 aliphatic rings. The molecular weight excluding hydrogens is 230 g/mol. The topological polar surface area (TPSA) is 58.6 Å². The van der Waals surface area contributed by atoms with Gasteiger partial charge in [0, 0.05) is 12.2 Å². The van der Waals surface area contributed by atoms with E-state index in [1.54, 1.807) is 0 Å². The van der Waals surface area contributed by atoms with Gasteiger partial charge >= 0.3 is 5.97 Å². The third-order valence-electron chi connectivity index (χ3n) is 2.62. The van der Waals surface area contributed by atoms with Crippen LogP contribution in [0.1, 0.15) is 27.2 Å². The molecule has 0 bridgehead atoms. The van der Waals surface area contributed by atoms with Crippen molar-refractivity contribution in [2.45, 2.75) is 33.3 Å². The molecule has 0 aromatic heterocycles. The largest absolute Gasteiger partial charge is 0.491 e. The summed E-state index contributed by atoms with van der Waals surface area (Å²) < 4.78 is 5.53. The maximum Gasteiger partial charge on any atom is 0.308 e. The molecule has 4 nitrogen and oxygen atoms in total. The number of hydrogen-bond donors (Lipinski definition) is 2. The van der Waals surface area contributed by atoms with Crippen LogP contribution >= 0.6 is 0 Å². The zero-order valence-corrected chi connectivity index (χ0v) is 11.1. The number of carbonyl (C=O) groups is 1. The first-order chi connectivity index (χ1) is 8.52. The number of carboxylic acids is 1. The predicted molar refractivity (Wildman–Crippen MR) is 72.1 cm³/mol. The van der Waals surface area contributed by atoms with Crippen LogP contribution < -0.4 is 10.1 Å². The van der Waals surface area contributed by atoms with Crippen LogP contribution in [0.4, 0.5) is 5.69 Å². The van der Waals surface area contributed by atoms with E-state index in [4.69, 9.17) is 9.84 Å². The van der Waals surface area contributed by atoms with Crippen LogP contribution in [-0.4, -0.2) is 23.7 Å². The van der Waals surface area contributed by atoms with Gasteiger partial charge in [-0.3, -0.25) is 4.79 Å². The second kappa shape index (κ2) is 6.89. The van der Waals surface area contributed by atoms with Gasteiger partial charge in [0.05, 0.1) is 12.0 Å². The smallest absolute Gasteiger partial charge is 0.308 e. The van der Waals surface area contributed by atoms with Gasteiger partial charge in [-0.2, -0.15) is 0 Å². The van der Waals surface area contributed by atoms with E-state index >= 15 is 0 Å². The molecule has 1 unspecified atom stereocenters. The third kappa shape index (κ3) is 4.65. The van der Waals surface area contributed by atoms with Crippen molar-refractivity contribution in [1.82, 2.24) is 0 Å². The van der Waals surface area contributed by atoms with Crippen molar-refractivity contribution in [3.8, 4) is 5.75 Å². The molecule has 0 fully saturated rings. The van der Waals surface area contributed by atoms with Gasteiger partial charge in [0.15, 0.2) is 0 Å². The molecule has 0 saturated carbocycles. The number of carboxylic acid groups (broad SMARTS) is 1. The number of ether oxygens (including phenoxy) is 1. The summed E-state index contributed by atoms with van der Waals surface area (Å²) in [4.78, 5) is 10.9. The molecule has 100 valence electrons. The van der Waals surface area contributed by atoms with E-state index < -0.39 is 5.97 Å². The van der Waals surface area contributed by atoms with Crippen LogP contribution in [0, 0.1) is 5.92 Å². The van der Waals surface area contributed by atoms with Gasteiger partial charge in [-0.1, -0.05) is 6.92 Å². The van der Waals surface area contributed by atoms with E-state index in [1.165, 1.54) is 0 Å². The average molecular weight is 251 g/mol. The second-order valence-corrected chi connectivity index (χ2v) is 4.52. The lowest BCUT2D eigenvalue weighted by Crippen LogP contribution is -2.22. The van der Waals surface area contributed by atoms with Gasteiger partial charge in [-0.15, -0.1) is 0 Å². The minimum absolute atomic E-state index is 0.153. The van der Waals surface area contributed by atoms with Crippen molar-refractivity contribution in [2.24, 2.45) is 5.92 Å². The first-order valence-electron chi connectivity index (χ1n) is 6.26. The third-order valence-corrected chi connectivity index (χ3v) is 2.62. The van der Waals surface area contributed by atoms with Gasteiger partial charge < -0.3 is 15.2 Å². The first kappa shape index (κ1) is 14.4. The molecule has 0 saturated heterocycles. The average Bonchev–Trinajstić information content (AvgIpc) is 2.31. The molecule has 4 heteroatoms. The first-order valence-corrected chi connectivity index (χ1v) is 6.26. The van der Waals surface area contributed by atoms with Crippen LogP contribution in [0.25, 0.3) is 0 Å². The van der Waals surface area contributed by atoms with E-state index in [-0.39, 0.29) is 12.0 Å². The van der Waals surface area contributed by atoms with Crippen molar-refractivity contribution in [3.05, 3.63) is 24.3 Å². The molecule has 0 aliphatic carbocycles. The van der Waals surface area contributed by atoms with Gasteiger partial charge in [0.25, 0.3) is 0 Å². The van der Waals surface area contributed by atoms with Crippen molar-refractivity contribution < 1.29 is 14.6 Å². The fourth-order valence-corrected chi connectivity index (χ4v) is 1.57. The predicted octanol–water partition coefficient (Wildman–Crippen LogP) is 3.00. The van der Waals surface area contributed by atoms with Gasteiger partial charge in [0.1, 0.15) is 5.75 Å². The Morgan fingerprint density at radius 1 is 1.33 bits per heavy atom. The van der Waals surface area contributed by atoms with Crippen LogP contribution in [0.2, 0.25) is 0 Å². The van der Waals surface area contributed by atoms with Crippen LogP contribution in [0.3, 0.4) is 0 Å². The maximum atomic E-state index is 10.9. The SMILES string of the molecule is CCC(CNc1ccc(OC(C)C)cc1)C(=O)O. The summed E-state index contributed by atoms with van der Waals surface area (Å²) in [7, 11) is 0. The Kier molecular flexibility index (Phi) is 5.49. The normalized spacial score (nSPS) is 12.2. The molecule has 0 amide bonds. The maximum absolute atomic E-state index is 10.9. The van der Waals surface area contributed by atoms with E-state index in [0.717, 1.165) is 11.4 Å². The number of hydrogen-bond acceptors (Lipinski definition) is 3. The molecule has 1 rings (SSSR count). The fourth-order valence-electron chi connectivity index (χ4n) is 1.57. The second-order valence-electron chi connectivity index (χ2n) is 4.52. The molecule has 1 aromatic carbocycles. The van der Waals surface area contributed by atoms with Crippen molar-refractivity contribution in [1.29, 1.82) is 0 Å². The van der Waals surface area contributed by atoms with E-state index in [9.17, 15) is 4.79 Å². The molecule has 1 atom stereocenters. The molecule has 2 N–H and O–H groups in total. The number of nitrogens with one attached hydrogen (secondary N) is 1. The van der Waals surface area contributed by atoms with Crippen LogP contribution in [0.15, 0.2) is 24.3 Å². The highest BCUT2D eigenvalue weighted by Gasteiger charge is 2.14. The van der Waals surface area contributed by atoms with Crippen molar-refractivity contribution >= 4 is 11.7 Å². The zero-order valence-electron chi connectivity index (χ0n) is 11.1. The molecule has 0 aliphatic heterocycles. The lowest BCUT2D eigenvalue weighted by atomic mass is 10.1. The van der Waals surface area contributed by atoms with Gasteiger partial charge in [-0.25, -0.2) is 0 Å². The highest BCUT2D eigenvalue weighted by Crippen LogP contribution is 2.17. The summed E-state index contributed by atoms with van der Waals surface area (Å²) in [5.74, 6) is -0.290. The molecular formula is C14H21NO3. The Morgan fingerprint density at radius 2 is 1.94 bits per heavy atom. The number of benzene rings is 1. The quantitative estimate of drug-likeness (QED) is 0.782. The number of aliphatic carboxylic acids is 1.